The highest BCUT2D eigenvalue weighted by molar-refractivity contribution is 5.88. The van der Waals surface area contributed by atoms with Crippen LogP contribution in [0.1, 0.15) is 70.6 Å². The molecule has 1 N–H and O–H groups in total. The van der Waals surface area contributed by atoms with E-state index in [0.717, 1.165) is 62.7 Å². The SMILES string of the molecule is O=C(COC(=O)[C@@H]1CC(=O)N(C2CCCC2)C1)NC12CC3CC(CC(C3)C1)C2. The lowest BCUT2D eigenvalue weighted by atomic mass is 9.53. The van der Waals surface area contributed by atoms with E-state index < -0.39 is 11.9 Å². The normalized spacial score (nSPS) is 39.6. The van der Waals surface area contributed by atoms with E-state index in [0.29, 0.717) is 12.6 Å². The summed E-state index contributed by atoms with van der Waals surface area (Å²) in [6.07, 6.45) is 11.9. The largest absolute Gasteiger partial charge is 0.455 e. The first-order valence-corrected chi connectivity index (χ1v) is 11.3. The molecular weight excluding hydrogens is 356 g/mol. The van der Waals surface area contributed by atoms with Crippen LogP contribution in [0.3, 0.4) is 0 Å². The van der Waals surface area contributed by atoms with Crippen LogP contribution >= 0.6 is 0 Å². The first-order valence-electron chi connectivity index (χ1n) is 11.3. The van der Waals surface area contributed by atoms with Crippen molar-refractivity contribution in [3.05, 3.63) is 0 Å². The van der Waals surface area contributed by atoms with Gasteiger partial charge in [-0.2, -0.15) is 0 Å². The summed E-state index contributed by atoms with van der Waals surface area (Å²) in [4.78, 5) is 39.1. The van der Waals surface area contributed by atoms with E-state index in [-0.39, 0.29) is 30.4 Å². The number of amides is 2. The van der Waals surface area contributed by atoms with Crippen molar-refractivity contribution in [1.82, 2.24) is 10.2 Å². The standard InChI is InChI=1S/C22H32N2O4/c25-19(23-22-9-14-5-15(10-22)7-16(6-14)11-22)13-28-21(27)17-8-20(26)24(12-17)18-3-1-2-4-18/h14-18H,1-13H2,(H,23,25)/t14?,15?,16?,17-,22?/m1/s1. The Kier molecular flexibility index (Phi) is 4.63. The zero-order valence-electron chi connectivity index (χ0n) is 16.7. The maximum atomic E-state index is 12.5. The molecule has 0 unspecified atom stereocenters. The maximum Gasteiger partial charge on any atom is 0.311 e. The molecule has 6 rings (SSSR count). The van der Waals surface area contributed by atoms with Crippen LogP contribution in [0.5, 0.6) is 0 Å². The van der Waals surface area contributed by atoms with Gasteiger partial charge < -0.3 is 15.0 Å². The number of carbonyl (C=O) groups excluding carboxylic acids is 3. The molecule has 0 aromatic rings. The van der Waals surface area contributed by atoms with E-state index in [4.69, 9.17) is 4.74 Å². The molecule has 6 heteroatoms. The summed E-state index contributed by atoms with van der Waals surface area (Å²) in [6.45, 7) is 0.244. The van der Waals surface area contributed by atoms with Crippen molar-refractivity contribution in [2.45, 2.75) is 82.2 Å². The van der Waals surface area contributed by atoms with Crippen molar-refractivity contribution < 1.29 is 19.1 Å². The zero-order valence-corrected chi connectivity index (χ0v) is 16.7. The molecule has 0 aromatic heterocycles. The molecule has 6 aliphatic rings. The lowest BCUT2D eigenvalue weighted by Crippen LogP contribution is -2.60. The Balaban J connectivity index is 1.11. The van der Waals surface area contributed by atoms with Gasteiger partial charge in [-0.25, -0.2) is 0 Å². The van der Waals surface area contributed by atoms with E-state index in [1.165, 1.54) is 19.3 Å². The van der Waals surface area contributed by atoms with E-state index >= 15 is 0 Å². The molecule has 1 aliphatic heterocycles. The zero-order chi connectivity index (χ0) is 19.3. The fourth-order valence-corrected chi connectivity index (χ4v) is 7.31. The van der Waals surface area contributed by atoms with Gasteiger partial charge in [0.05, 0.1) is 5.92 Å². The molecule has 2 amide bonds. The second kappa shape index (κ2) is 7.03. The second-order valence-corrected chi connectivity index (χ2v) is 10.2. The Bertz CT molecular complexity index is 634. The highest BCUT2D eigenvalue weighted by atomic mass is 16.5. The summed E-state index contributed by atoms with van der Waals surface area (Å²) in [7, 11) is 0. The van der Waals surface area contributed by atoms with Crippen molar-refractivity contribution in [3.8, 4) is 0 Å². The van der Waals surface area contributed by atoms with E-state index in [9.17, 15) is 14.4 Å². The van der Waals surface area contributed by atoms with Crippen LogP contribution in [0.25, 0.3) is 0 Å². The Labute approximate surface area is 166 Å². The monoisotopic (exact) mass is 388 g/mol. The van der Waals surface area contributed by atoms with E-state index in [1.807, 2.05) is 4.90 Å². The molecule has 1 atom stereocenters. The van der Waals surface area contributed by atoms with Crippen LogP contribution in [0, 0.1) is 23.7 Å². The molecule has 6 nitrogen and oxygen atoms in total. The second-order valence-electron chi connectivity index (χ2n) is 10.2. The summed E-state index contributed by atoms with van der Waals surface area (Å²) >= 11 is 0. The third-order valence-corrected chi connectivity index (χ3v) is 8.05. The molecule has 1 saturated heterocycles. The van der Waals surface area contributed by atoms with Crippen LogP contribution in [0.4, 0.5) is 0 Å². The van der Waals surface area contributed by atoms with Gasteiger partial charge in [0.25, 0.3) is 5.91 Å². The van der Waals surface area contributed by atoms with E-state index in [1.54, 1.807) is 0 Å². The van der Waals surface area contributed by atoms with Crippen molar-refractivity contribution in [2.75, 3.05) is 13.2 Å². The molecule has 5 saturated carbocycles. The minimum absolute atomic E-state index is 0.0547. The third-order valence-electron chi connectivity index (χ3n) is 8.05. The van der Waals surface area contributed by atoms with Gasteiger partial charge in [-0.3, -0.25) is 14.4 Å². The average molecular weight is 389 g/mol. The first-order chi connectivity index (χ1) is 13.5. The van der Waals surface area contributed by atoms with Crippen molar-refractivity contribution in [1.29, 1.82) is 0 Å². The minimum atomic E-state index is -0.416. The van der Waals surface area contributed by atoms with Gasteiger partial charge in [0.2, 0.25) is 5.91 Å². The third kappa shape index (κ3) is 3.43. The highest BCUT2D eigenvalue weighted by Crippen LogP contribution is 2.55. The predicted octanol–water partition coefficient (Wildman–Crippen LogP) is 2.41. The van der Waals surface area contributed by atoms with Crippen LogP contribution in [-0.2, 0) is 19.1 Å². The summed E-state index contributed by atoms with van der Waals surface area (Å²) in [5.74, 6) is 1.37. The number of carbonyl (C=O) groups is 3. The highest BCUT2D eigenvalue weighted by Gasteiger charge is 2.51. The fourth-order valence-electron chi connectivity index (χ4n) is 7.31. The predicted molar refractivity (Wildman–Crippen MR) is 102 cm³/mol. The van der Waals surface area contributed by atoms with Crippen LogP contribution in [0.15, 0.2) is 0 Å². The number of ether oxygens (including phenoxy) is 1. The van der Waals surface area contributed by atoms with Crippen LogP contribution < -0.4 is 5.32 Å². The Morgan fingerprint density at radius 3 is 2.25 bits per heavy atom. The van der Waals surface area contributed by atoms with E-state index in [2.05, 4.69) is 5.32 Å². The maximum absolute atomic E-state index is 12.5. The molecule has 1 heterocycles. The molecular formula is C22H32N2O4. The molecule has 154 valence electrons. The topological polar surface area (TPSA) is 75.7 Å². The summed E-state index contributed by atoms with van der Waals surface area (Å²) in [5, 5.41) is 3.24. The number of rotatable bonds is 5. The van der Waals surface area contributed by atoms with Gasteiger partial charge >= 0.3 is 5.97 Å². The first kappa shape index (κ1) is 18.4. The lowest BCUT2D eigenvalue weighted by Gasteiger charge is -2.56. The number of nitrogens with zero attached hydrogens (tertiary/aromatic N) is 1. The number of esters is 1. The molecule has 4 bridgehead atoms. The molecule has 28 heavy (non-hydrogen) atoms. The Hall–Kier alpha value is -1.59. The Morgan fingerprint density at radius 2 is 1.64 bits per heavy atom. The van der Waals surface area contributed by atoms with Gasteiger partial charge in [-0.05, 0) is 69.1 Å². The number of hydrogen-bond donors (Lipinski definition) is 1. The lowest BCUT2D eigenvalue weighted by molar-refractivity contribution is -0.153. The quantitative estimate of drug-likeness (QED) is 0.734. The van der Waals surface area contributed by atoms with Gasteiger partial charge in [-0.1, -0.05) is 12.8 Å². The molecule has 6 fully saturated rings. The van der Waals surface area contributed by atoms with Gasteiger partial charge in [-0.15, -0.1) is 0 Å². The number of hydrogen-bond acceptors (Lipinski definition) is 4. The van der Waals surface area contributed by atoms with Gasteiger partial charge in [0, 0.05) is 24.5 Å². The summed E-state index contributed by atoms with van der Waals surface area (Å²) < 4.78 is 5.33. The van der Waals surface area contributed by atoms with Crippen molar-refractivity contribution in [2.24, 2.45) is 23.7 Å². The van der Waals surface area contributed by atoms with Crippen LogP contribution in [-0.4, -0.2) is 47.4 Å². The van der Waals surface area contributed by atoms with Gasteiger partial charge in [0.1, 0.15) is 0 Å². The fraction of sp³-hybridized carbons (Fsp3) is 0.864. The van der Waals surface area contributed by atoms with Crippen molar-refractivity contribution in [3.63, 3.8) is 0 Å². The van der Waals surface area contributed by atoms with Crippen molar-refractivity contribution >= 4 is 17.8 Å². The number of likely N-dealkylation sites (tertiary alicyclic amines) is 1. The smallest absolute Gasteiger partial charge is 0.311 e. The minimum Gasteiger partial charge on any atom is -0.455 e. The van der Waals surface area contributed by atoms with Crippen LogP contribution in [0.2, 0.25) is 0 Å². The summed E-state index contributed by atoms with van der Waals surface area (Å²) in [6, 6.07) is 0.296. The average Bonchev–Trinajstić information content (AvgIpc) is 3.27. The number of nitrogens with one attached hydrogen (secondary N) is 1. The van der Waals surface area contributed by atoms with Gasteiger partial charge in [0.15, 0.2) is 6.61 Å². The molecule has 0 spiro atoms. The summed E-state index contributed by atoms with van der Waals surface area (Å²) in [5.41, 5.74) is -0.0547. The molecule has 0 aromatic carbocycles. The molecule has 0 radical (unpaired) electrons. The Morgan fingerprint density at radius 1 is 1.04 bits per heavy atom. The molecule has 5 aliphatic carbocycles.